The molecule has 23 heavy (non-hydrogen) atoms. The van der Waals surface area contributed by atoms with Crippen LogP contribution >= 0.6 is 11.3 Å². The zero-order valence-electron chi connectivity index (χ0n) is 12.6. The number of rotatable bonds is 3. The van der Waals surface area contributed by atoms with Crippen LogP contribution in [0, 0.1) is 6.92 Å². The number of carbonyl (C=O) groups is 1. The van der Waals surface area contributed by atoms with E-state index in [0.717, 1.165) is 21.5 Å². The van der Waals surface area contributed by atoms with Gasteiger partial charge in [-0.15, -0.1) is 11.3 Å². The van der Waals surface area contributed by atoms with Crippen LogP contribution in [-0.4, -0.2) is 15.6 Å². The van der Waals surface area contributed by atoms with Crippen LogP contribution < -0.4 is 0 Å². The summed E-state index contributed by atoms with van der Waals surface area (Å²) in [4.78, 5) is 11.1. The molecule has 0 saturated heterocycles. The van der Waals surface area contributed by atoms with Crippen molar-refractivity contribution in [1.29, 1.82) is 0 Å². The van der Waals surface area contributed by atoms with Crippen molar-refractivity contribution in [2.45, 2.75) is 13.3 Å². The minimum atomic E-state index is -0.806. The third kappa shape index (κ3) is 2.41. The summed E-state index contributed by atoms with van der Waals surface area (Å²) < 4.78 is 3.34. The maximum absolute atomic E-state index is 11.1. The minimum absolute atomic E-state index is 0.0392. The molecular formula is C19H15NO2S. The zero-order valence-corrected chi connectivity index (χ0v) is 13.4. The number of benzene rings is 2. The first-order chi connectivity index (χ1) is 11.1. The molecule has 0 aliphatic heterocycles. The van der Waals surface area contributed by atoms with Gasteiger partial charge in [-0.25, -0.2) is 0 Å². The van der Waals surface area contributed by atoms with E-state index in [-0.39, 0.29) is 6.42 Å². The number of hydrogen-bond acceptors (Lipinski definition) is 2. The third-order valence-corrected chi connectivity index (χ3v) is 5.15. The maximum Gasteiger partial charge on any atom is 0.307 e. The van der Waals surface area contributed by atoms with E-state index in [1.54, 1.807) is 11.3 Å². The number of aliphatic carboxylic acids is 1. The SMILES string of the molecule is Cc1ccc2sc(-n3cc(CC(=O)O)c4ccccc43)cc2c1. The Hall–Kier alpha value is -2.59. The minimum Gasteiger partial charge on any atom is -0.481 e. The van der Waals surface area contributed by atoms with Crippen molar-refractivity contribution in [3.05, 3.63) is 65.9 Å². The van der Waals surface area contributed by atoms with Crippen LogP contribution in [0.15, 0.2) is 54.7 Å². The fourth-order valence-electron chi connectivity index (χ4n) is 3.00. The van der Waals surface area contributed by atoms with Crippen LogP contribution in [0.25, 0.3) is 26.0 Å². The van der Waals surface area contributed by atoms with E-state index < -0.39 is 5.97 Å². The molecule has 0 amide bonds. The highest BCUT2D eigenvalue weighted by molar-refractivity contribution is 7.21. The van der Waals surface area contributed by atoms with Gasteiger partial charge in [-0.1, -0.05) is 35.9 Å². The van der Waals surface area contributed by atoms with Crippen LogP contribution in [0.1, 0.15) is 11.1 Å². The molecule has 0 spiro atoms. The number of hydrogen-bond donors (Lipinski definition) is 1. The summed E-state index contributed by atoms with van der Waals surface area (Å²) in [5, 5.41) is 12.5. The molecule has 2 heterocycles. The molecule has 2 aromatic heterocycles. The van der Waals surface area contributed by atoms with Gasteiger partial charge >= 0.3 is 5.97 Å². The number of fused-ring (bicyclic) bond motifs is 2. The molecule has 0 radical (unpaired) electrons. The van der Waals surface area contributed by atoms with E-state index in [1.165, 1.54) is 15.6 Å². The van der Waals surface area contributed by atoms with Gasteiger partial charge in [-0.2, -0.15) is 0 Å². The van der Waals surface area contributed by atoms with Gasteiger partial charge in [0.1, 0.15) is 5.00 Å². The predicted molar refractivity (Wildman–Crippen MR) is 94.7 cm³/mol. The molecule has 2 aromatic carbocycles. The van der Waals surface area contributed by atoms with E-state index in [0.29, 0.717) is 0 Å². The number of para-hydroxylation sites is 1. The van der Waals surface area contributed by atoms with Crippen molar-refractivity contribution in [3.8, 4) is 5.00 Å². The smallest absolute Gasteiger partial charge is 0.307 e. The molecule has 0 unspecified atom stereocenters. The normalized spacial score (nSPS) is 11.3. The molecule has 4 heteroatoms. The summed E-state index contributed by atoms with van der Waals surface area (Å²) in [5.41, 5.74) is 3.14. The van der Waals surface area contributed by atoms with Gasteiger partial charge in [0.15, 0.2) is 0 Å². The molecule has 0 atom stereocenters. The number of carboxylic acids is 1. The number of thiophene rings is 1. The Bertz CT molecular complexity index is 1040. The lowest BCUT2D eigenvalue weighted by Gasteiger charge is -2.00. The molecule has 0 aliphatic rings. The Kier molecular flexibility index (Phi) is 3.20. The Morgan fingerprint density at radius 1 is 1.17 bits per heavy atom. The second-order valence-electron chi connectivity index (χ2n) is 5.74. The molecule has 0 saturated carbocycles. The Morgan fingerprint density at radius 3 is 2.83 bits per heavy atom. The molecule has 4 aromatic rings. The zero-order chi connectivity index (χ0) is 16.0. The Morgan fingerprint density at radius 2 is 2.00 bits per heavy atom. The lowest BCUT2D eigenvalue weighted by Crippen LogP contribution is -1.99. The van der Waals surface area contributed by atoms with Crippen molar-refractivity contribution in [2.75, 3.05) is 0 Å². The van der Waals surface area contributed by atoms with E-state index >= 15 is 0 Å². The average molecular weight is 321 g/mol. The second-order valence-corrected chi connectivity index (χ2v) is 6.80. The molecule has 3 nitrogen and oxygen atoms in total. The fourth-order valence-corrected chi connectivity index (χ4v) is 4.04. The first-order valence-corrected chi connectivity index (χ1v) is 8.25. The molecule has 4 rings (SSSR count). The highest BCUT2D eigenvalue weighted by Crippen LogP contribution is 2.33. The Labute approximate surface area is 137 Å². The Balaban J connectivity index is 1.94. The standard InChI is InChI=1S/C19H15NO2S/c1-12-6-7-17-13(8-12)9-18(23-17)20-11-14(10-19(21)22)15-4-2-3-5-16(15)20/h2-9,11H,10H2,1H3,(H,21,22). The van der Waals surface area contributed by atoms with Crippen molar-refractivity contribution < 1.29 is 9.90 Å². The van der Waals surface area contributed by atoms with Crippen LogP contribution in [0.5, 0.6) is 0 Å². The third-order valence-electron chi connectivity index (χ3n) is 4.03. The van der Waals surface area contributed by atoms with Crippen molar-refractivity contribution >= 4 is 38.3 Å². The van der Waals surface area contributed by atoms with Crippen molar-refractivity contribution in [2.24, 2.45) is 0 Å². The van der Waals surface area contributed by atoms with Crippen molar-refractivity contribution in [3.63, 3.8) is 0 Å². The quantitative estimate of drug-likeness (QED) is 0.590. The lowest BCUT2D eigenvalue weighted by molar-refractivity contribution is -0.136. The largest absolute Gasteiger partial charge is 0.481 e. The van der Waals surface area contributed by atoms with Crippen molar-refractivity contribution in [1.82, 2.24) is 4.57 Å². The first kappa shape index (κ1) is 14.0. The maximum atomic E-state index is 11.1. The number of carboxylic acid groups (broad SMARTS) is 1. The molecule has 0 aliphatic carbocycles. The van der Waals surface area contributed by atoms with Gasteiger partial charge in [0.25, 0.3) is 0 Å². The van der Waals surface area contributed by atoms with Crippen LogP contribution in [-0.2, 0) is 11.2 Å². The predicted octanol–water partition coefficient (Wildman–Crippen LogP) is 4.78. The first-order valence-electron chi connectivity index (χ1n) is 7.43. The molecule has 0 fully saturated rings. The highest BCUT2D eigenvalue weighted by atomic mass is 32.1. The summed E-state index contributed by atoms with van der Waals surface area (Å²) in [6, 6.07) is 16.6. The summed E-state index contributed by atoms with van der Waals surface area (Å²) in [5.74, 6) is -0.806. The number of aryl methyl sites for hydroxylation is 1. The topological polar surface area (TPSA) is 42.2 Å². The molecule has 1 N–H and O–H groups in total. The summed E-state index contributed by atoms with van der Waals surface area (Å²) >= 11 is 1.72. The number of nitrogens with zero attached hydrogens (tertiary/aromatic N) is 1. The van der Waals surface area contributed by atoms with Gasteiger partial charge < -0.3 is 9.67 Å². The molecule has 0 bridgehead atoms. The highest BCUT2D eigenvalue weighted by Gasteiger charge is 2.13. The summed E-state index contributed by atoms with van der Waals surface area (Å²) in [7, 11) is 0. The van der Waals surface area contributed by atoms with E-state index in [1.807, 2.05) is 30.5 Å². The fraction of sp³-hybridized carbons (Fsp3) is 0.105. The monoisotopic (exact) mass is 321 g/mol. The van der Waals surface area contributed by atoms with Gasteiger partial charge in [-0.05, 0) is 36.1 Å². The number of aromatic nitrogens is 1. The summed E-state index contributed by atoms with van der Waals surface area (Å²) in [6.45, 7) is 2.09. The van der Waals surface area contributed by atoms with Gasteiger partial charge in [-0.3, -0.25) is 4.79 Å². The van der Waals surface area contributed by atoms with Crippen LogP contribution in [0.2, 0.25) is 0 Å². The lowest BCUT2D eigenvalue weighted by atomic mass is 10.1. The average Bonchev–Trinajstić information content (AvgIpc) is 3.08. The second kappa shape index (κ2) is 5.25. The van der Waals surface area contributed by atoms with Gasteiger partial charge in [0.2, 0.25) is 0 Å². The molecular weight excluding hydrogens is 306 g/mol. The van der Waals surface area contributed by atoms with E-state index in [4.69, 9.17) is 5.11 Å². The van der Waals surface area contributed by atoms with Crippen LogP contribution in [0.4, 0.5) is 0 Å². The van der Waals surface area contributed by atoms with E-state index in [2.05, 4.69) is 35.8 Å². The van der Waals surface area contributed by atoms with Gasteiger partial charge in [0, 0.05) is 16.3 Å². The molecule has 114 valence electrons. The summed E-state index contributed by atoms with van der Waals surface area (Å²) in [6.07, 6.45) is 1.99. The van der Waals surface area contributed by atoms with Gasteiger partial charge in [0.05, 0.1) is 11.9 Å². The van der Waals surface area contributed by atoms with E-state index in [9.17, 15) is 4.79 Å². The van der Waals surface area contributed by atoms with Crippen LogP contribution in [0.3, 0.4) is 0 Å².